The van der Waals surface area contributed by atoms with Crippen LogP contribution in [0.15, 0.2) is 30.5 Å². The number of rotatable bonds is 1. The molecule has 2 rings (SSSR count). The predicted octanol–water partition coefficient (Wildman–Crippen LogP) is 2.92. The minimum absolute atomic E-state index is 0.286. The van der Waals surface area contributed by atoms with Gasteiger partial charge in [-0.1, -0.05) is 11.6 Å². The number of nitrogens with zero attached hydrogens (tertiary/aromatic N) is 1. The molecule has 4 heteroatoms. The van der Waals surface area contributed by atoms with Crippen LogP contribution in [0.5, 0.6) is 0 Å². The average Bonchev–Trinajstić information content (AvgIpc) is 2.20. The standard InChI is InChI=1S/C11H7ClFN2/c12-9-6-7(13)3-4-8(9)11-10(14)2-1-5-15-11/h1,3-6H,14H2. The summed E-state index contributed by atoms with van der Waals surface area (Å²) in [4.78, 5) is 4.08. The maximum atomic E-state index is 12.8. The summed E-state index contributed by atoms with van der Waals surface area (Å²) < 4.78 is 12.8. The molecule has 15 heavy (non-hydrogen) atoms. The van der Waals surface area contributed by atoms with E-state index >= 15 is 0 Å². The van der Waals surface area contributed by atoms with Crippen molar-refractivity contribution in [3.05, 3.63) is 47.4 Å². The zero-order valence-electron chi connectivity index (χ0n) is 7.67. The van der Waals surface area contributed by atoms with Crippen molar-refractivity contribution in [2.24, 2.45) is 0 Å². The lowest BCUT2D eigenvalue weighted by Gasteiger charge is -2.05. The number of benzene rings is 1. The zero-order chi connectivity index (χ0) is 10.8. The molecule has 0 unspecified atom stereocenters. The van der Waals surface area contributed by atoms with E-state index in [1.807, 2.05) is 0 Å². The van der Waals surface area contributed by atoms with Gasteiger partial charge in [-0.25, -0.2) is 4.39 Å². The van der Waals surface area contributed by atoms with Gasteiger partial charge in [0, 0.05) is 17.8 Å². The van der Waals surface area contributed by atoms with E-state index in [-0.39, 0.29) is 10.8 Å². The Morgan fingerprint density at radius 3 is 2.87 bits per heavy atom. The molecule has 1 aromatic heterocycles. The Morgan fingerprint density at radius 1 is 1.40 bits per heavy atom. The summed E-state index contributed by atoms with van der Waals surface area (Å²) in [7, 11) is 0. The fourth-order valence-electron chi connectivity index (χ4n) is 1.27. The molecule has 1 radical (unpaired) electrons. The summed E-state index contributed by atoms with van der Waals surface area (Å²) in [5, 5.41) is 0.286. The number of aromatic nitrogens is 1. The van der Waals surface area contributed by atoms with Gasteiger partial charge in [-0.05, 0) is 24.3 Å². The van der Waals surface area contributed by atoms with Crippen molar-refractivity contribution in [2.75, 3.05) is 5.73 Å². The molecule has 0 aliphatic heterocycles. The lowest BCUT2D eigenvalue weighted by atomic mass is 10.1. The highest BCUT2D eigenvalue weighted by Gasteiger charge is 2.08. The molecule has 1 heterocycles. The number of nitrogen functional groups attached to an aromatic ring is 1. The largest absolute Gasteiger partial charge is 0.396 e. The second-order valence-electron chi connectivity index (χ2n) is 2.98. The van der Waals surface area contributed by atoms with E-state index in [0.717, 1.165) is 0 Å². The van der Waals surface area contributed by atoms with Crippen LogP contribution < -0.4 is 5.73 Å². The minimum atomic E-state index is -0.387. The third-order valence-corrected chi connectivity index (χ3v) is 2.27. The highest BCUT2D eigenvalue weighted by atomic mass is 35.5. The molecule has 0 spiro atoms. The molecule has 0 fully saturated rings. The second-order valence-corrected chi connectivity index (χ2v) is 3.38. The van der Waals surface area contributed by atoms with Crippen LogP contribution in [0.1, 0.15) is 0 Å². The number of pyridine rings is 1. The fourth-order valence-corrected chi connectivity index (χ4v) is 1.53. The van der Waals surface area contributed by atoms with Gasteiger partial charge in [-0.15, -0.1) is 0 Å². The molecule has 0 atom stereocenters. The van der Waals surface area contributed by atoms with Gasteiger partial charge in [0.2, 0.25) is 0 Å². The predicted molar refractivity (Wildman–Crippen MR) is 57.9 cm³/mol. The van der Waals surface area contributed by atoms with Gasteiger partial charge in [-0.2, -0.15) is 0 Å². The number of hydrogen-bond donors (Lipinski definition) is 1. The van der Waals surface area contributed by atoms with Gasteiger partial charge in [-0.3, -0.25) is 4.98 Å². The summed E-state index contributed by atoms with van der Waals surface area (Å²) in [6.45, 7) is 0. The molecule has 75 valence electrons. The van der Waals surface area contributed by atoms with Crippen LogP contribution in [0.3, 0.4) is 0 Å². The number of nitrogens with two attached hydrogens (primary N) is 1. The van der Waals surface area contributed by atoms with Crippen LogP contribution in [0, 0.1) is 11.9 Å². The first kappa shape index (κ1) is 9.93. The quantitative estimate of drug-likeness (QED) is 0.804. The molecular formula is C11H7ClFN2. The third-order valence-electron chi connectivity index (χ3n) is 1.96. The lowest BCUT2D eigenvalue weighted by Crippen LogP contribution is -1.93. The molecule has 0 bridgehead atoms. The van der Waals surface area contributed by atoms with Crippen LogP contribution in [0.4, 0.5) is 10.1 Å². The minimum Gasteiger partial charge on any atom is -0.396 e. The molecule has 2 N–H and O–H groups in total. The van der Waals surface area contributed by atoms with Crippen LogP contribution in [0.25, 0.3) is 11.3 Å². The molecule has 2 nitrogen and oxygen atoms in total. The Morgan fingerprint density at radius 2 is 2.20 bits per heavy atom. The Balaban J connectivity index is 2.60. The van der Waals surface area contributed by atoms with E-state index in [2.05, 4.69) is 11.1 Å². The van der Waals surface area contributed by atoms with Crippen LogP contribution in [-0.4, -0.2) is 4.98 Å². The maximum Gasteiger partial charge on any atom is 0.124 e. The highest BCUT2D eigenvalue weighted by Crippen LogP contribution is 2.30. The van der Waals surface area contributed by atoms with Gasteiger partial charge < -0.3 is 5.73 Å². The lowest BCUT2D eigenvalue weighted by molar-refractivity contribution is 0.628. The molecular weight excluding hydrogens is 215 g/mol. The Bertz CT molecular complexity index is 500. The number of anilines is 1. The van der Waals surface area contributed by atoms with E-state index in [1.54, 1.807) is 18.3 Å². The zero-order valence-corrected chi connectivity index (χ0v) is 8.42. The first-order valence-corrected chi connectivity index (χ1v) is 4.64. The van der Waals surface area contributed by atoms with Crippen molar-refractivity contribution in [3.8, 4) is 11.3 Å². The molecule has 2 aromatic rings. The van der Waals surface area contributed by atoms with Crippen molar-refractivity contribution in [1.29, 1.82) is 0 Å². The van der Waals surface area contributed by atoms with Crippen LogP contribution in [0.2, 0.25) is 5.02 Å². The molecule has 0 saturated heterocycles. The topological polar surface area (TPSA) is 38.9 Å². The first-order valence-electron chi connectivity index (χ1n) is 4.26. The van der Waals surface area contributed by atoms with E-state index in [1.165, 1.54) is 12.1 Å². The Labute approximate surface area is 91.5 Å². The number of hydrogen-bond acceptors (Lipinski definition) is 2. The van der Waals surface area contributed by atoms with Crippen molar-refractivity contribution in [2.45, 2.75) is 0 Å². The number of halogens is 2. The average molecular weight is 222 g/mol. The van der Waals surface area contributed by atoms with Crippen molar-refractivity contribution in [1.82, 2.24) is 4.98 Å². The fraction of sp³-hybridized carbons (Fsp3) is 0. The molecule has 0 saturated carbocycles. The monoisotopic (exact) mass is 221 g/mol. The van der Waals surface area contributed by atoms with Crippen molar-refractivity contribution < 1.29 is 4.39 Å². The van der Waals surface area contributed by atoms with E-state index in [0.29, 0.717) is 16.9 Å². The van der Waals surface area contributed by atoms with Gasteiger partial charge in [0.1, 0.15) is 5.82 Å². The summed E-state index contributed by atoms with van der Waals surface area (Å²) >= 11 is 5.89. The van der Waals surface area contributed by atoms with E-state index < -0.39 is 0 Å². The van der Waals surface area contributed by atoms with Gasteiger partial charge in [0.25, 0.3) is 0 Å². The highest BCUT2D eigenvalue weighted by molar-refractivity contribution is 6.33. The summed E-state index contributed by atoms with van der Waals surface area (Å²) in [5.41, 5.74) is 7.20. The summed E-state index contributed by atoms with van der Waals surface area (Å²) in [6, 6.07) is 8.50. The molecule has 0 aliphatic rings. The second kappa shape index (κ2) is 3.87. The maximum absolute atomic E-state index is 12.8. The van der Waals surface area contributed by atoms with Gasteiger partial charge in [0.15, 0.2) is 0 Å². The van der Waals surface area contributed by atoms with Crippen LogP contribution in [-0.2, 0) is 0 Å². The van der Waals surface area contributed by atoms with Gasteiger partial charge >= 0.3 is 0 Å². The van der Waals surface area contributed by atoms with Crippen molar-refractivity contribution in [3.63, 3.8) is 0 Å². The smallest absolute Gasteiger partial charge is 0.124 e. The van der Waals surface area contributed by atoms with Crippen LogP contribution >= 0.6 is 11.6 Å². The third kappa shape index (κ3) is 1.92. The SMILES string of the molecule is Nc1[c]ccnc1-c1ccc(F)cc1Cl. The van der Waals surface area contributed by atoms with Gasteiger partial charge in [0.05, 0.1) is 16.4 Å². The molecule has 0 aliphatic carbocycles. The Hall–Kier alpha value is -1.61. The summed E-state index contributed by atoms with van der Waals surface area (Å²) in [6.07, 6.45) is 1.56. The van der Waals surface area contributed by atoms with Crippen molar-refractivity contribution >= 4 is 17.3 Å². The summed E-state index contributed by atoms with van der Waals surface area (Å²) in [5.74, 6) is -0.387. The van der Waals surface area contributed by atoms with E-state index in [4.69, 9.17) is 17.3 Å². The molecule has 0 amide bonds. The normalized spacial score (nSPS) is 10.3. The van der Waals surface area contributed by atoms with E-state index in [9.17, 15) is 4.39 Å². The Kier molecular flexibility index (Phi) is 2.56. The molecule has 1 aromatic carbocycles. The first-order chi connectivity index (χ1) is 7.18.